The van der Waals surface area contributed by atoms with Crippen LogP contribution in [0.25, 0.3) is 0 Å². The summed E-state index contributed by atoms with van der Waals surface area (Å²) in [5.41, 5.74) is 7.97. The van der Waals surface area contributed by atoms with Crippen molar-refractivity contribution in [1.82, 2.24) is 20.1 Å². The molecule has 1 aliphatic rings. The third-order valence-corrected chi connectivity index (χ3v) is 3.06. The third-order valence-electron chi connectivity index (χ3n) is 3.06. The molecule has 0 aliphatic carbocycles. The Bertz CT molecular complexity index is 595. The quantitative estimate of drug-likeness (QED) is 0.851. The van der Waals surface area contributed by atoms with Crippen molar-refractivity contribution >= 4 is 6.03 Å². The van der Waals surface area contributed by atoms with E-state index in [0.717, 1.165) is 17.0 Å². The van der Waals surface area contributed by atoms with Crippen molar-refractivity contribution in [2.75, 3.05) is 0 Å². The molecule has 0 spiro atoms. The number of pyridine rings is 1. The second-order valence-corrected chi connectivity index (χ2v) is 4.30. The van der Waals surface area contributed by atoms with Crippen molar-refractivity contribution in [3.63, 3.8) is 0 Å². The summed E-state index contributed by atoms with van der Waals surface area (Å²) < 4.78 is 5.59. The van der Waals surface area contributed by atoms with E-state index in [4.69, 9.17) is 10.5 Å². The number of aromatic amines is 1. The van der Waals surface area contributed by atoms with E-state index in [1.807, 2.05) is 6.07 Å². The van der Waals surface area contributed by atoms with Gasteiger partial charge in [0, 0.05) is 11.8 Å². The van der Waals surface area contributed by atoms with Crippen LogP contribution in [0.3, 0.4) is 0 Å². The average molecular weight is 259 g/mol. The minimum Gasteiger partial charge on any atom is -0.486 e. The lowest BCUT2D eigenvalue weighted by molar-refractivity contribution is 0.207. The van der Waals surface area contributed by atoms with Gasteiger partial charge in [-0.25, -0.2) is 4.79 Å². The number of nitrogens with zero attached hydrogens (tertiary/aromatic N) is 3. The Labute approximate surface area is 109 Å². The Hall–Kier alpha value is -2.57. The molecule has 0 fully saturated rings. The van der Waals surface area contributed by atoms with Crippen LogP contribution >= 0.6 is 0 Å². The summed E-state index contributed by atoms with van der Waals surface area (Å²) in [4.78, 5) is 16.7. The molecule has 0 aromatic carbocycles. The average Bonchev–Trinajstić information content (AvgIpc) is 2.98. The van der Waals surface area contributed by atoms with Crippen LogP contribution in [-0.2, 0) is 19.7 Å². The monoisotopic (exact) mass is 259 g/mol. The zero-order valence-electron chi connectivity index (χ0n) is 10.2. The van der Waals surface area contributed by atoms with E-state index < -0.39 is 6.03 Å². The van der Waals surface area contributed by atoms with Crippen LogP contribution in [0, 0.1) is 0 Å². The smallest absolute Gasteiger partial charge is 0.315 e. The van der Waals surface area contributed by atoms with Gasteiger partial charge in [-0.2, -0.15) is 5.10 Å². The first kappa shape index (κ1) is 11.5. The molecule has 3 heterocycles. The number of hydrogen-bond acceptors (Lipinski definition) is 4. The molecule has 2 aromatic heterocycles. The van der Waals surface area contributed by atoms with Gasteiger partial charge in [-0.1, -0.05) is 0 Å². The number of nitrogens with one attached hydrogen (secondary N) is 1. The molecule has 7 nitrogen and oxygen atoms in total. The summed E-state index contributed by atoms with van der Waals surface area (Å²) in [7, 11) is 0. The highest BCUT2D eigenvalue weighted by Gasteiger charge is 2.26. The van der Waals surface area contributed by atoms with E-state index in [1.165, 1.54) is 0 Å². The summed E-state index contributed by atoms with van der Waals surface area (Å²) in [6, 6.07) is 3.21. The zero-order valence-corrected chi connectivity index (χ0v) is 10.2. The van der Waals surface area contributed by atoms with Gasteiger partial charge in [0.25, 0.3) is 0 Å². The number of aromatic nitrogens is 3. The molecule has 2 aromatic rings. The number of carbonyl (C=O) groups excluding carboxylic acids is 1. The first-order chi connectivity index (χ1) is 9.24. The Morgan fingerprint density at radius 2 is 2.42 bits per heavy atom. The van der Waals surface area contributed by atoms with E-state index >= 15 is 0 Å². The summed E-state index contributed by atoms with van der Waals surface area (Å²) in [6.07, 6.45) is 3.33. The van der Waals surface area contributed by atoms with Crippen LogP contribution in [0.4, 0.5) is 4.79 Å². The standard InChI is InChI=1S/C12H13N5O2/c13-12(18)17-5-9-10(6-17)15-16-11(9)7-19-8-2-1-3-14-4-8/h1-4H,5-7H2,(H2,13,18)(H,15,16). The molecule has 1 aliphatic heterocycles. The molecule has 2 amide bonds. The minimum atomic E-state index is -0.427. The van der Waals surface area contributed by atoms with Crippen LogP contribution in [0.1, 0.15) is 17.0 Å². The normalized spacial score (nSPS) is 13.4. The van der Waals surface area contributed by atoms with Gasteiger partial charge in [-0.05, 0) is 12.1 Å². The van der Waals surface area contributed by atoms with E-state index in [0.29, 0.717) is 25.4 Å². The summed E-state index contributed by atoms with van der Waals surface area (Å²) in [6.45, 7) is 1.29. The molecule has 3 rings (SSSR count). The SMILES string of the molecule is NC(=O)N1Cc2[nH]nc(COc3cccnc3)c2C1. The Morgan fingerprint density at radius 1 is 1.53 bits per heavy atom. The van der Waals surface area contributed by atoms with Gasteiger partial charge in [0.05, 0.1) is 25.0 Å². The second-order valence-electron chi connectivity index (χ2n) is 4.30. The molecule has 98 valence electrons. The molecular formula is C12H13N5O2. The Kier molecular flexibility index (Phi) is 2.79. The topological polar surface area (TPSA) is 97.1 Å². The zero-order chi connectivity index (χ0) is 13.2. The van der Waals surface area contributed by atoms with Crippen LogP contribution in [-0.4, -0.2) is 26.1 Å². The van der Waals surface area contributed by atoms with Crippen molar-refractivity contribution in [2.24, 2.45) is 5.73 Å². The lowest BCUT2D eigenvalue weighted by atomic mass is 10.2. The highest BCUT2D eigenvalue weighted by Crippen LogP contribution is 2.24. The molecule has 0 saturated heterocycles. The number of ether oxygens (including phenoxy) is 1. The molecule has 0 bridgehead atoms. The van der Waals surface area contributed by atoms with Crippen LogP contribution in [0.5, 0.6) is 5.75 Å². The highest BCUT2D eigenvalue weighted by atomic mass is 16.5. The van der Waals surface area contributed by atoms with Crippen molar-refractivity contribution < 1.29 is 9.53 Å². The predicted octanol–water partition coefficient (Wildman–Crippen LogP) is 0.778. The van der Waals surface area contributed by atoms with Crippen LogP contribution in [0.2, 0.25) is 0 Å². The summed E-state index contributed by atoms with van der Waals surface area (Å²) in [5.74, 6) is 0.684. The van der Waals surface area contributed by atoms with Crippen molar-refractivity contribution in [2.45, 2.75) is 19.7 Å². The van der Waals surface area contributed by atoms with Crippen LogP contribution in [0.15, 0.2) is 24.5 Å². The minimum absolute atomic E-state index is 0.337. The van der Waals surface area contributed by atoms with Crippen molar-refractivity contribution in [1.29, 1.82) is 0 Å². The molecule has 0 radical (unpaired) electrons. The van der Waals surface area contributed by atoms with Crippen LogP contribution < -0.4 is 10.5 Å². The fraction of sp³-hybridized carbons (Fsp3) is 0.250. The Morgan fingerprint density at radius 3 is 3.16 bits per heavy atom. The summed E-state index contributed by atoms with van der Waals surface area (Å²) in [5, 5.41) is 7.11. The molecule has 0 unspecified atom stereocenters. The van der Waals surface area contributed by atoms with E-state index in [9.17, 15) is 4.79 Å². The molecule has 3 N–H and O–H groups in total. The van der Waals surface area contributed by atoms with Crippen molar-refractivity contribution in [3.05, 3.63) is 41.5 Å². The second kappa shape index (κ2) is 4.60. The number of primary amides is 1. The maximum absolute atomic E-state index is 11.1. The van der Waals surface area contributed by atoms with Gasteiger partial charge in [0.2, 0.25) is 0 Å². The maximum Gasteiger partial charge on any atom is 0.315 e. The highest BCUT2D eigenvalue weighted by molar-refractivity contribution is 5.72. The van der Waals surface area contributed by atoms with E-state index in [-0.39, 0.29) is 0 Å². The van der Waals surface area contributed by atoms with Gasteiger partial charge >= 0.3 is 6.03 Å². The third kappa shape index (κ3) is 2.22. The predicted molar refractivity (Wildman–Crippen MR) is 66.0 cm³/mol. The number of carbonyl (C=O) groups is 1. The first-order valence-corrected chi connectivity index (χ1v) is 5.86. The number of fused-ring (bicyclic) bond motifs is 1. The van der Waals surface area contributed by atoms with Crippen molar-refractivity contribution in [3.8, 4) is 5.75 Å². The molecule has 0 saturated carbocycles. The summed E-state index contributed by atoms with van der Waals surface area (Å²) >= 11 is 0. The lowest BCUT2D eigenvalue weighted by Gasteiger charge is -2.11. The molecule has 19 heavy (non-hydrogen) atoms. The maximum atomic E-state index is 11.1. The molecule has 7 heteroatoms. The number of rotatable bonds is 3. The van der Waals surface area contributed by atoms with Gasteiger partial charge < -0.3 is 15.4 Å². The first-order valence-electron chi connectivity index (χ1n) is 5.86. The molecular weight excluding hydrogens is 246 g/mol. The fourth-order valence-electron chi connectivity index (χ4n) is 2.06. The Balaban J connectivity index is 1.70. The number of H-pyrrole nitrogens is 1. The number of urea groups is 1. The van der Waals surface area contributed by atoms with Gasteiger partial charge in [-0.15, -0.1) is 0 Å². The lowest BCUT2D eigenvalue weighted by Crippen LogP contribution is -2.31. The van der Waals surface area contributed by atoms with Gasteiger partial charge in [-0.3, -0.25) is 10.1 Å². The molecule has 0 atom stereocenters. The number of amides is 2. The number of nitrogens with two attached hydrogens (primary N) is 1. The van der Waals surface area contributed by atoms with E-state index in [1.54, 1.807) is 23.4 Å². The van der Waals surface area contributed by atoms with Gasteiger partial charge in [0.15, 0.2) is 0 Å². The number of hydrogen-bond donors (Lipinski definition) is 2. The largest absolute Gasteiger partial charge is 0.486 e. The fourth-order valence-corrected chi connectivity index (χ4v) is 2.06. The van der Waals surface area contributed by atoms with E-state index in [2.05, 4.69) is 15.2 Å². The van der Waals surface area contributed by atoms with Gasteiger partial charge in [0.1, 0.15) is 18.1 Å².